The largest absolute Gasteiger partial charge is 0.508 e. The lowest BCUT2D eigenvalue weighted by Crippen LogP contribution is -2.03. The normalized spacial score (nSPS) is 10.9. The van der Waals surface area contributed by atoms with Gasteiger partial charge in [-0.2, -0.15) is 4.98 Å². The van der Waals surface area contributed by atoms with Gasteiger partial charge in [-0.15, -0.1) is 11.3 Å². The van der Waals surface area contributed by atoms with E-state index in [4.69, 9.17) is 4.74 Å². The van der Waals surface area contributed by atoms with Crippen LogP contribution in [0.15, 0.2) is 29.8 Å². The fourth-order valence-electron chi connectivity index (χ4n) is 2.04. The van der Waals surface area contributed by atoms with E-state index < -0.39 is 0 Å². The maximum Gasteiger partial charge on any atom is 0.238 e. The second kappa shape index (κ2) is 5.05. The van der Waals surface area contributed by atoms with Gasteiger partial charge in [-0.25, -0.2) is 0 Å². The summed E-state index contributed by atoms with van der Waals surface area (Å²) in [5.74, 6) is 0.914. The van der Waals surface area contributed by atoms with Crippen molar-refractivity contribution in [3.63, 3.8) is 0 Å². The van der Waals surface area contributed by atoms with Gasteiger partial charge in [0.15, 0.2) is 4.96 Å². The van der Waals surface area contributed by atoms with Crippen LogP contribution in [0.3, 0.4) is 0 Å². The summed E-state index contributed by atoms with van der Waals surface area (Å²) >= 11 is 1.57. The van der Waals surface area contributed by atoms with Crippen molar-refractivity contribution in [2.75, 3.05) is 12.4 Å². The molecule has 104 valence electrons. The third kappa shape index (κ3) is 2.18. The van der Waals surface area contributed by atoms with Crippen LogP contribution in [0.2, 0.25) is 0 Å². The van der Waals surface area contributed by atoms with E-state index in [1.807, 2.05) is 35.0 Å². The van der Waals surface area contributed by atoms with E-state index in [2.05, 4.69) is 10.3 Å². The van der Waals surface area contributed by atoms with Crippen molar-refractivity contribution in [1.82, 2.24) is 9.38 Å². The van der Waals surface area contributed by atoms with Gasteiger partial charge in [0, 0.05) is 23.3 Å². The van der Waals surface area contributed by atoms with Crippen LogP contribution in [0.1, 0.15) is 11.3 Å². The summed E-state index contributed by atoms with van der Waals surface area (Å²) in [6.45, 7) is 2.44. The molecule has 5 nitrogen and oxygen atoms in total. The minimum Gasteiger partial charge on any atom is -0.508 e. The molecule has 2 heterocycles. The molecule has 0 aliphatic rings. The molecule has 3 aromatic rings. The molecule has 2 aromatic heterocycles. The number of hydrogen-bond donors (Lipinski definition) is 2. The Morgan fingerprint density at radius 2 is 2.30 bits per heavy atom. The lowest BCUT2D eigenvalue weighted by Gasteiger charge is -2.08. The number of aryl methyl sites for hydroxylation is 1. The van der Waals surface area contributed by atoms with E-state index in [0.717, 1.165) is 21.9 Å². The van der Waals surface area contributed by atoms with Gasteiger partial charge in [0.25, 0.3) is 0 Å². The first-order valence-electron chi connectivity index (χ1n) is 6.21. The Bertz CT molecular complexity index is 748. The van der Waals surface area contributed by atoms with Gasteiger partial charge >= 0.3 is 0 Å². The molecule has 0 radical (unpaired) electrons. The fraction of sp³-hybridized carbons (Fsp3) is 0.214. The summed E-state index contributed by atoms with van der Waals surface area (Å²) < 4.78 is 7.31. The number of nitrogens with one attached hydrogen (secondary N) is 1. The molecule has 0 unspecified atom stereocenters. The number of benzene rings is 1. The van der Waals surface area contributed by atoms with Gasteiger partial charge in [0.1, 0.15) is 11.4 Å². The molecule has 0 amide bonds. The molecule has 1 aromatic carbocycles. The van der Waals surface area contributed by atoms with E-state index in [-0.39, 0.29) is 5.75 Å². The minimum atomic E-state index is 0.288. The third-order valence-corrected chi connectivity index (χ3v) is 3.94. The number of fused-ring (bicyclic) bond motifs is 1. The highest BCUT2D eigenvalue weighted by Gasteiger charge is 2.13. The molecule has 0 saturated carbocycles. The number of methoxy groups -OCH3 is 1. The lowest BCUT2D eigenvalue weighted by molar-refractivity contribution is 0.395. The Morgan fingerprint density at radius 3 is 3.05 bits per heavy atom. The van der Waals surface area contributed by atoms with Gasteiger partial charge in [-0.05, 0) is 18.6 Å². The molecule has 0 aliphatic heterocycles. The number of ether oxygens (including phenoxy) is 1. The number of phenolic OH excluding ortho intramolecular Hbond substituents is 1. The van der Waals surface area contributed by atoms with Crippen LogP contribution in [0.5, 0.6) is 11.6 Å². The molecule has 0 saturated heterocycles. The Hall–Kier alpha value is -2.21. The van der Waals surface area contributed by atoms with Crippen LogP contribution in [0.25, 0.3) is 4.96 Å². The van der Waals surface area contributed by atoms with Gasteiger partial charge in [0.2, 0.25) is 5.88 Å². The predicted molar refractivity (Wildman–Crippen MR) is 79.8 cm³/mol. The van der Waals surface area contributed by atoms with E-state index in [9.17, 15) is 5.11 Å². The van der Waals surface area contributed by atoms with E-state index in [0.29, 0.717) is 12.4 Å². The van der Waals surface area contributed by atoms with Gasteiger partial charge in [-0.1, -0.05) is 6.07 Å². The van der Waals surface area contributed by atoms with Crippen molar-refractivity contribution in [3.8, 4) is 11.6 Å². The fourth-order valence-corrected chi connectivity index (χ4v) is 2.77. The van der Waals surface area contributed by atoms with E-state index >= 15 is 0 Å². The first-order valence-corrected chi connectivity index (χ1v) is 7.09. The zero-order valence-corrected chi connectivity index (χ0v) is 12.1. The van der Waals surface area contributed by atoms with Crippen molar-refractivity contribution < 1.29 is 9.84 Å². The molecule has 0 spiro atoms. The highest BCUT2D eigenvalue weighted by Crippen LogP contribution is 2.25. The Morgan fingerprint density at radius 1 is 1.45 bits per heavy atom. The third-order valence-electron chi connectivity index (χ3n) is 3.19. The number of imidazole rings is 1. The zero-order chi connectivity index (χ0) is 14.1. The molecule has 0 bridgehead atoms. The summed E-state index contributed by atoms with van der Waals surface area (Å²) in [6.07, 6.45) is 1.97. The summed E-state index contributed by atoms with van der Waals surface area (Å²) in [5, 5.41) is 15.0. The summed E-state index contributed by atoms with van der Waals surface area (Å²) in [6, 6.07) is 5.53. The van der Waals surface area contributed by atoms with Crippen LogP contribution >= 0.6 is 11.3 Å². The van der Waals surface area contributed by atoms with Crippen LogP contribution < -0.4 is 10.1 Å². The van der Waals surface area contributed by atoms with Gasteiger partial charge in [0.05, 0.1) is 13.7 Å². The van der Waals surface area contributed by atoms with Gasteiger partial charge in [-0.3, -0.25) is 4.40 Å². The topological polar surface area (TPSA) is 58.8 Å². The zero-order valence-electron chi connectivity index (χ0n) is 11.3. The van der Waals surface area contributed by atoms with Crippen LogP contribution in [-0.4, -0.2) is 21.6 Å². The number of hydrogen-bond acceptors (Lipinski definition) is 5. The minimum absolute atomic E-state index is 0.288. The van der Waals surface area contributed by atoms with Crippen molar-refractivity contribution >= 4 is 22.0 Å². The van der Waals surface area contributed by atoms with Gasteiger partial charge < -0.3 is 15.2 Å². The highest BCUT2D eigenvalue weighted by molar-refractivity contribution is 7.15. The van der Waals surface area contributed by atoms with E-state index in [1.54, 1.807) is 24.5 Å². The average Bonchev–Trinajstić information content (AvgIpc) is 3.00. The first kappa shape index (κ1) is 12.8. The van der Waals surface area contributed by atoms with Crippen molar-refractivity contribution in [3.05, 3.63) is 41.0 Å². The smallest absolute Gasteiger partial charge is 0.238 e. The van der Waals surface area contributed by atoms with Crippen molar-refractivity contribution in [2.45, 2.75) is 13.5 Å². The quantitative estimate of drug-likeness (QED) is 0.775. The standard InChI is InChI=1S/C14H15N3O2S/c1-9-3-4-10(7-12(9)18)15-8-11-13(19-2)16-14-17(11)5-6-20-14/h3-7,15,18H,8H2,1-2H3. The second-order valence-electron chi connectivity index (χ2n) is 4.48. The number of nitrogens with zero attached hydrogens (tertiary/aromatic N) is 2. The molecule has 0 atom stereocenters. The molecular formula is C14H15N3O2S. The molecule has 6 heteroatoms. The Balaban J connectivity index is 1.85. The summed E-state index contributed by atoms with van der Waals surface area (Å²) in [5.41, 5.74) is 2.68. The van der Waals surface area contributed by atoms with Crippen LogP contribution in [0, 0.1) is 6.92 Å². The lowest BCUT2D eigenvalue weighted by atomic mass is 10.2. The molecular weight excluding hydrogens is 274 g/mol. The number of phenols is 1. The number of anilines is 1. The molecule has 3 rings (SSSR count). The van der Waals surface area contributed by atoms with Crippen molar-refractivity contribution in [1.29, 1.82) is 0 Å². The number of thiazole rings is 1. The molecule has 0 aliphatic carbocycles. The summed E-state index contributed by atoms with van der Waals surface area (Å²) in [4.78, 5) is 5.31. The number of aromatic nitrogens is 2. The Kier molecular flexibility index (Phi) is 3.23. The average molecular weight is 289 g/mol. The predicted octanol–water partition coefficient (Wildman–Crippen LogP) is 3.03. The maximum absolute atomic E-state index is 9.72. The van der Waals surface area contributed by atoms with Crippen LogP contribution in [-0.2, 0) is 6.54 Å². The molecule has 2 N–H and O–H groups in total. The van der Waals surface area contributed by atoms with E-state index in [1.165, 1.54) is 0 Å². The van der Waals surface area contributed by atoms with Crippen LogP contribution in [0.4, 0.5) is 5.69 Å². The maximum atomic E-state index is 9.72. The molecule has 20 heavy (non-hydrogen) atoms. The highest BCUT2D eigenvalue weighted by atomic mass is 32.1. The number of aromatic hydroxyl groups is 1. The van der Waals surface area contributed by atoms with Crippen molar-refractivity contribution in [2.24, 2.45) is 0 Å². The second-order valence-corrected chi connectivity index (χ2v) is 5.35. The first-order chi connectivity index (χ1) is 9.69. The number of rotatable bonds is 4. The SMILES string of the molecule is COc1nc2sccn2c1CNc1ccc(C)c(O)c1. The Labute approximate surface area is 120 Å². The summed E-state index contributed by atoms with van der Waals surface area (Å²) in [7, 11) is 1.62. The molecule has 0 fully saturated rings. The monoisotopic (exact) mass is 289 g/mol.